The monoisotopic (exact) mass is 254 g/mol. The summed E-state index contributed by atoms with van der Waals surface area (Å²) in [4.78, 5) is 0.896. The minimum absolute atomic E-state index is 0.673. The number of benzene rings is 1. The van der Waals surface area contributed by atoms with Gasteiger partial charge in [0.05, 0.1) is 10.8 Å². The third-order valence-electron chi connectivity index (χ3n) is 2.15. The molecule has 0 saturated heterocycles. The molecular formula is C10H11ClN4S. The van der Waals surface area contributed by atoms with Crippen LogP contribution in [0, 0.1) is 0 Å². The molecule has 1 aromatic heterocycles. The fourth-order valence-electron chi connectivity index (χ4n) is 1.25. The molecule has 4 nitrogen and oxygen atoms in total. The second-order valence-electron chi connectivity index (χ2n) is 3.30. The van der Waals surface area contributed by atoms with E-state index in [4.69, 9.17) is 17.3 Å². The summed E-state index contributed by atoms with van der Waals surface area (Å²) in [6, 6.07) is 5.51. The molecule has 6 heteroatoms. The van der Waals surface area contributed by atoms with Crippen LogP contribution in [0.15, 0.2) is 29.4 Å². The van der Waals surface area contributed by atoms with Crippen LogP contribution < -0.4 is 5.73 Å². The van der Waals surface area contributed by atoms with Crippen molar-refractivity contribution in [3.05, 3.63) is 35.4 Å². The van der Waals surface area contributed by atoms with Crippen LogP contribution in [0.3, 0.4) is 0 Å². The Labute approximate surface area is 103 Å². The number of aryl methyl sites for hydroxylation is 1. The molecule has 0 radical (unpaired) electrons. The lowest BCUT2D eigenvalue weighted by Gasteiger charge is -2.06. The molecule has 0 amide bonds. The van der Waals surface area contributed by atoms with Crippen LogP contribution in [0.5, 0.6) is 0 Å². The lowest BCUT2D eigenvalue weighted by Crippen LogP contribution is -1.95. The van der Waals surface area contributed by atoms with Crippen molar-refractivity contribution in [1.82, 2.24) is 14.8 Å². The minimum Gasteiger partial charge on any atom is -0.398 e. The number of rotatable bonds is 3. The molecule has 1 heterocycles. The molecule has 16 heavy (non-hydrogen) atoms. The van der Waals surface area contributed by atoms with Crippen molar-refractivity contribution >= 4 is 29.1 Å². The molecule has 2 rings (SSSR count). The standard InChI is InChI=1S/C10H11ClN4S/c1-15-6-13-14-9(15)5-16-10-7(11)3-2-4-8(10)12/h2-4,6H,5,12H2,1H3. The molecule has 1 aromatic carbocycles. The molecule has 0 aliphatic rings. The van der Waals surface area contributed by atoms with Crippen molar-refractivity contribution in [2.24, 2.45) is 7.05 Å². The maximum Gasteiger partial charge on any atom is 0.142 e. The van der Waals surface area contributed by atoms with Crippen molar-refractivity contribution in [3.8, 4) is 0 Å². The summed E-state index contributed by atoms with van der Waals surface area (Å²) in [5.74, 6) is 1.59. The van der Waals surface area contributed by atoms with Crippen molar-refractivity contribution < 1.29 is 0 Å². The van der Waals surface area contributed by atoms with Gasteiger partial charge in [-0.3, -0.25) is 0 Å². The van der Waals surface area contributed by atoms with E-state index in [-0.39, 0.29) is 0 Å². The van der Waals surface area contributed by atoms with E-state index in [2.05, 4.69) is 10.2 Å². The van der Waals surface area contributed by atoms with Crippen molar-refractivity contribution in [1.29, 1.82) is 0 Å². The first-order valence-corrected chi connectivity index (χ1v) is 6.04. The fraction of sp³-hybridized carbons (Fsp3) is 0.200. The normalized spacial score (nSPS) is 10.6. The number of thioether (sulfide) groups is 1. The highest BCUT2D eigenvalue weighted by atomic mass is 35.5. The average molecular weight is 255 g/mol. The molecule has 0 aliphatic carbocycles. The summed E-state index contributed by atoms with van der Waals surface area (Å²) >= 11 is 7.63. The quantitative estimate of drug-likeness (QED) is 0.675. The van der Waals surface area contributed by atoms with E-state index < -0.39 is 0 Å². The molecule has 0 atom stereocenters. The Morgan fingerprint density at radius 2 is 2.31 bits per heavy atom. The Hall–Kier alpha value is -1.20. The van der Waals surface area contributed by atoms with Gasteiger partial charge in [-0.05, 0) is 12.1 Å². The second-order valence-corrected chi connectivity index (χ2v) is 4.70. The van der Waals surface area contributed by atoms with Gasteiger partial charge in [-0.2, -0.15) is 0 Å². The summed E-state index contributed by atoms with van der Waals surface area (Å²) in [5.41, 5.74) is 6.54. The van der Waals surface area contributed by atoms with Crippen LogP contribution in [-0.2, 0) is 12.8 Å². The van der Waals surface area contributed by atoms with Gasteiger partial charge >= 0.3 is 0 Å². The van der Waals surface area contributed by atoms with Crippen LogP contribution >= 0.6 is 23.4 Å². The van der Waals surface area contributed by atoms with Gasteiger partial charge in [0, 0.05) is 17.6 Å². The number of aromatic nitrogens is 3. The van der Waals surface area contributed by atoms with Gasteiger partial charge in [0.15, 0.2) is 0 Å². The number of nitrogens with two attached hydrogens (primary N) is 1. The molecule has 2 aromatic rings. The van der Waals surface area contributed by atoms with E-state index in [1.54, 1.807) is 18.1 Å². The van der Waals surface area contributed by atoms with Gasteiger partial charge in [0.1, 0.15) is 12.2 Å². The first kappa shape index (κ1) is 11.3. The third kappa shape index (κ3) is 2.31. The average Bonchev–Trinajstić information content (AvgIpc) is 2.64. The van der Waals surface area contributed by atoms with Crippen molar-refractivity contribution in [2.75, 3.05) is 5.73 Å². The van der Waals surface area contributed by atoms with E-state index in [9.17, 15) is 0 Å². The molecule has 0 aliphatic heterocycles. The smallest absolute Gasteiger partial charge is 0.142 e. The fourth-order valence-corrected chi connectivity index (χ4v) is 2.57. The predicted octanol–water partition coefficient (Wildman–Crippen LogP) is 2.34. The topological polar surface area (TPSA) is 56.7 Å². The SMILES string of the molecule is Cn1cnnc1CSc1c(N)cccc1Cl. The van der Waals surface area contributed by atoms with Gasteiger partial charge in [-0.1, -0.05) is 17.7 Å². The van der Waals surface area contributed by atoms with Gasteiger partial charge in [0.2, 0.25) is 0 Å². The summed E-state index contributed by atoms with van der Waals surface area (Å²) in [6.07, 6.45) is 1.67. The minimum atomic E-state index is 0.673. The molecule has 0 bridgehead atoms. The Balaban J connectivity index is 2.14. The highest BCUT2D eigenvalue weighted by Crippen LogP contribution is 2.33. The number of hydrogen-bond acceptors (Lipinski definition) is 4. The Bertz CT molecular complexity index is 477. The predicted molar refractivity (Wildman–Crippen MR) is 66.4 cm³/mol. The first-order chi connectivity index (χ1) is 7.68. The van der Waals surface area contributed by atoms with E-state index in [0.717, 1.165) is 10.7 Å². The summed E-state index contributed by atoms with van der Waals surface area (Å²) in [6.45, 7) is 0. The van der Waals surface area contributed by atoms with Crippen LogP contribution in [0.2, 0.25) is 5.02 Å². The lowest BCUT2D eigenvalue weighted by atomic mass is 10.3. The van der Waals surface area contributed by atoms with Crippen LogP contribution in [-0.4, -0.2) is 14.8 Å². The van der Waals surface area contributed by atoms with E-state index in [1.807, 2.05) is 29.8 Å². The van der Waals surface area contributed by atoms with E-state index >= 15 is 0 Å². The number of nitrogen functional groups attached to an aromatic ring is 1. The first-order valence-electron chi connectivity index (χ1n) is 4.68. The van der Waals surface area contributed by atoms with E-state index in [1.165, 1.54) is 0 Å². The number of halogens is 1. The zero-order chi connectivity index (χ0) is 11.5. The highest BCUT2D eigenvalue weighted by Gasteiger charge is 2.07. The summed E-state index contributed by atoms with van der Waals surface area (Å²) in [7, 11) is 1.91. The molecule has 0 spiro atoms. The lowest BCUT2D eigenvalue weighted by molar-refractivity contribution is 0.849. The number of nitrogens with zero attached hydrogens (tertiary/aromatic N) is 3. The van der Waals surface area contributed by atoms with Crippen LogP contribution in [0.4, 0.5) is 5.69 Å². The van der Waals surface area contributed by atoms with Gasteiger partial charge < -0.3 is 10.3 Å². The largest absolute Gasteiger partial charge is 0.398 e. The zero-order valence-corrected chi connectivity index (χ0v) is 10.3. The van der Waals surface area contributed by atoms with Gasteiger partial charge in [-0.15, -0.1) is 22.0 Å². The van der Waals surface area contributed by atoms with Gasteiger partial charge in [0.25, 0.3) is 0 Å². The molecule has 84 valence electrons. The Kier molecular flexibility index (Phi) is 3.36. The molecule has 0 saturated carbocycles. The van der Waals surface area contributed by atoms with Crippen molar-refractivity contribution in [2.45, 2.75) is 10.6 Å². The van der Waals surface area contributed by atoms with Crippen LogP contribution in [0.1, 0.15) is 5.82 Å². The maximum atomic E-state index is 6.07. The zero-order valence-electron chi connectivity index (χ0n) is 8.72. The molecule has 2 N–H and O–H groups in total. The van der Waals surface area contributed by atoms with Crippen molar-refractivity contribution in [3.63, 3.8) is 0 Å². The van der Waals surface area contributed by atoms with E-state index in [0.29, 0.717) is 16.5 Å². The molecule has 0 unspecified atom stereocenters. The number of anilines is 1. The summed E-state index contributed by atoms with van der Waals surface area (Å²) < 4.78 is 1.88. The summed E-state index contributed by atoms with van der Waals surface area (Å²) in [5, 5.41) is 8.49. The second kappa shape index (κ2) is 4.76. The number of hydrogen-bond donors (Lipinski definition) is 1. The molecular weight excluding hydrogens is 244 g/mol. The highest BCUT2D eigenvalue weighted by molar-refractivity contribution is 7.98. The Morgan fingerprint density at radius 1 is 1.50 bits per heavy atom. The molecule has 0 fully saturated rings. The Morgan fingerprint density at radius 3 is 2.94 bits per heavy atom. The third-order valence-corrected chi connectivity index (χ3v) is 3.72. The van der Waals surface area contributed by atoms with Crippen LogP contribution in [0.25, 0.3) is 0 Å². The van der Waals surface area contributed by atoms with Gasteiger partial charge in [-0.25, -0.2) is 0 Å². The maximum absolute atomic E-state index is 6.07.